The van der Waals surface area contributed by atoms with Gasteiger partial charge in [-0.15, -0.1) is 0 Å². The molecule has 0 spiro atoms. The summed E-state index contributed by atoms with van der Waals surface area (Å²) in [4.78, 5) is 13.8. The average molecular weight is 292 g/mol. The van der Waals surface area contributed by atoms with E-state index in [1.54, 1.807) is 4.90 Å². The lowest BCUT2D eigenvalue weighted by Gasteiger charge is -2.21. The predicted octanol–water partition coefficient (Wildman–Crippen LogP) is 1.74. The molecule has 1 aromatic rings. The molecule has 0 radical (unpaired) electrons. The number of aliphatic hydroxyl groups excluding tert-OH is 1. The molecule has 2 unspecified atom stereocenters. The first-order chi connectivity index (χ1) is 10.2. The van der Waals surface area contributed by atoms with Gasteiger partial charge in [-0.1, -0.05) is 30.3 Å². The summed E-state index contributed by atoms with van der Waals surface area (Å²) in [6, 6.07) is 9.65. The van der Waals surface area contributed by atoms with E-state index in [4.69, 9.17) is 10.5 Å². The standard InChI is InChI=1S/C16H24N2O3/c17-11-15(19)14-7-4-9-18(10-8-14)16(20)21-12-13-5-2-1-3-6-13/h1-3,5-6,14-15,19H,4,7-12,17H2. The summed E-state index contributed by atoms with van der Waals surface area (Å²) in [6.07, 6.45) is 1.81. The van der Waals surface area contributed by atoms with Crippen LogP contribution < -0.4 is 5.73 Å². The van der Waals surface area contributed by atoms with E-state index in [-0.39, 0.29) is 18.6 Å². The van der Waals surface area contributed by atoms with Gasteiger partial charge in [0.15, 0.2) is 0 Å². The van der Waals surface area contributed by atoms with Crippen LogP contribution in [0.2, 0.25) is 0 Å². The van der Waals surface area contributed by atoms with E-state index in [0.717, 1.165) is 24.8 Å². The number of nitrogens with two attached hydrogens (primary N) is 1. The molecule has 5 nitrogen and oxygen atoms in total. The van der Waals surface area contributed by atoms with Gasteiger partial charge in [0, 0.05) is 19.6 Å². The van der Waals surface area contributed by atoms with Gasteiger partial charge in [-0.3, -0.25) is 0 Å². The van der Waals surface area contributed by atoms with Crippen molar-refractivity contribution in [1.82, 2.24) is 4.90 Å². The van der Waals surface area contributed by atoms with Crippen molar-refractivity contribution < 1.29 is 14.6 Å². The highest BCUT2D eigenvalue weighted by Crippen LogP contribution is 2.21. The minimum absolute atomic E-state index is 0.182. The maximum Gasteiger partial charge on any atom is 0.410 e. The van der Waals surface area contributed by atoms with Gasteiger partial charge in [0.25, 0.3) is 0 Å². The Kier molecular flexibility index (Phi) is 6.02. The Bertz CT molecular complexity index is 438. The molecular formula is C16H24N2O3. The fraction of sp³-hybridized carbons (Fsp3) is 0.562. The summed E-state index contributed by atoms with van der Waals surface area (Å²) in [5.41, 5.74) is 6.49. The Morgan fingerprint density at radius 2 is 2.10 bits per heavy atom. The number of benzene rings is 1. The van der Waals surface area contributed by atoms with Gasteiger partial charge in [0.1, 0.15) is 6.61 Å². The van der Waals surface area contributed by atoms with E-state index < -0.39 is 6.10 Å². The van der Waals surface area contributed by atoms with Gasteiger partial charge in [-0.05, 0) is 30.7 Å². The molecule has 0 aromatic heterocycles. The van der Waals surface area contributed by atoms with Gasteiger partial charge >= 0.3 is 6.09 Å². The predicted molar refractivity (Wildman–Crippen MR) is 80.6 cm³/mol. The van der Waals surface area contributed by atoms with Crippen molar-refractivity contribution in [3.8, 4) is 0 Å². The lowest BCUT2D eigenvalue weighted by Crippen LogP contribution is -2.33. The van der Waals surface area contributed by atoms with Gasteiger partial charge in [-0.2, -0.15) is 0 Å². The largest absolute Gasteiger partial charge is 0.445 e. The van der Waals surface area contributed by atoms with Gasteiger partial charge in [0.2, 0.25) is 0 Å². The average Bonchev–Trinajstić information content (AvgIpc) is 2.79. The van der Waals surface area contributed by atoms with Crippen molar-refractivity contribution in [2.75, 3.05) is 19.6 Å². The van der Waals surface area contributed by atoms with E-state index >= 15 is 0 Å². The summed E-state index contributed by atoms with van der Waals surface area (Å²) >= 11 is 0. The molecule has 0 aliphatic carbocycles. The first kappa shape index (κ1) is 15.8. The maximum atomic E-state index is 12.1. The molecule has 0 saturated carbocycles. The Morgan fingerprint density at radius 1 is 1.33 bits per heavy atom. The van der Waals surface area contributed by atoms with Gasteiger partial charge < -0.3 is 20.5 Å². The molecule has 1 aromatic carbocycles. The van der Waals surface area contributed by atoms with Crippen LogP contribution in [0.25, 0.3) is 0 Å². The molecule has 1 saturated heterocycles. The fourth-order valence-electron chi connectivity index (χ4n) is 2.69. The fourth-order valence-corrected chi connectivity index (χ4v) is 2.69. The van der Waals surface area contributed by atoms with E-state index in [0.29, 0.717) is 19.7 Å². The van der Waals surface area contributed by atoms with Gasteiger partial charge in [-0.25, -0.2) is 4.79 Å². The molecule has 0 bridgehead atoms. The second kappa shape index (κ2) is 8.00. The quantitative estimate of drug-likeness (QED) is 0.886. The van der Waals surface area contributed by atoms with E-state index in [1.807, 2.05) is 30.3 Å². The van der Waals surface area contributed by atoms with E-state index in [2.05, 4.69) is 0 Å². The minimum atomic E-state index is -0.467. The second-order valence-electron chi connectivity index (χ2n) is 5.52. The van der Waals surface area contributed by atoms with E-state index in [1.165, 1.54) is 0 Å². The Labute approximate surface area is 125 Å². The van der Waals surface area contributed by atoms with Crippen LogP contribution in [0.5, 0.6) is 0 Å². The Hall–Kier alpha value is -1.59. The first-order valence-corrected chi connectivity index (χ1v) is 7.54. The minimum Gasteiger partial charge on any atom is -0.445 e. The number of nitrogens with zero attached hydrogens (tertiary/aromatic N) is 1. The molecule has 1 aliphatic rings. The summed E-state index contributed by atoms with van der Waals surface area (Å²) in [7, 11) is 0. The summed E-state index contributed by atoms with van der Waals surface area (Å²) < 4.78 is 5.34. The highest BCUT2D eigenvalue weighted by molar-refractivity contribution is 5.67. The highest BCUT2D eigenvalue weighted by Gasteiger charge is 2.25. The lowest BCUT2D eigenvalue weighted by molar-refractivity contribution is 0.0905. The number of ether oxygens (including phenoxy) is 1. The number of hydrogen-bond donors (Lipinski definition) is 2. The number of hydrogen-bond acceptors (Lipinski definition) is 4. The second-order valence-corrected chi connectivity index (χ2v) is 5.52. The molecule has 21 heavy (non-hydrogen) atoms. The third kappa shape index (κ3) is 4.72. The Morgan fingerprint density at radius 3 is 2.81 bits per heavy atom. The molecule has 1 heterocycles. The van der Waals surface area contributed by atoms with E-state index in [9.17, 15) is 9.90 Å². The molecule has 2 rings (SSSR count). The van der Waals surface area contributed by atoms with Crippen molar-refractivity contribution in [1.29, 1.82) is 0 Å². The Balaban J connectivity index is 1.80. The highest BCUT2D eigenvalue weighted by atomic mass is 16.6. The lowest BCUT2D eigenvalue weighted by atomic mass is 9.94. The number of carbonyl (C=O) groups is 1. The smallest absolute Gasteiger partial charge is 0.410 e. The van der Waals surface area contributed by atoms with Crippen LogP contribution in [-0.4, -0.2) is 41.8 Å². The van der Waals surface area contributed by atoms with Crippen molar-refractivity contribution >= 4 is 6.09 Å². The topological polar surface area (TPSA) is 75.8 Å². The molecule has 1 aliphatic heterocycles. The van der Waals surface area contributed by atoms with Crippen LogP contribution in [0.3, 0.4) is 0 Å². The SMILES string of the molecule is NCC(O)C1CCCN(C(=O)OCc2ccccc2)CC1. The normalized spacial score (nSPS) is 20.7. The third-order valence-electron chi connectivity index (χ3n) is 4.02. The number of likely N-dealkylation sites (tertiary alicyclic amines) is 1. The van der Waals surface area contributed by atoms with Crippen LogP contribution in [0.1, 0.15) is 24.8 Å². The number of aliphatic hydroxyl groups is 1. The zero-order valence-corrected chi connectivity index (χ0v) is 12.3. The maximum absolute atomic E-state index is 12.1. The monoisotopic (exact) mass is 292 g/mol. The molecular weight excluding hydrogens is 268 g/mol. The molecule has 1 fully saturated rings. The molecule has 5 heteroatoms. The third-order valence-corrected chi connectivity index (χ3v) is 4.02. The van der Waals surface area contributed by atoms with Crippen molar-refractivity contribution in [3.63, 3.8) is 0 Å². The number of amides is 1. The number of rotatable bonds is 4. The molecule has 116 valence electrons. The summed E-state index contributed by atoms with van der Waals surface area (Å²) in [5.74, 6) is 0.182. The van der Waals surface area contributed by atoms with Crippen LogP contribution in [0, 0.1) is 5.92 Å². The first-order valence-electron chi connectivity index (χ1n) is 7.54. The van der Waals surface area contributed by atoms with Crippen molar-refractivity contribution in [3.05, 3.63) is 35.9 Å². The molecule has 3 N–H and O–H groups in total. The van der Waals surface area contributed by atoms with Crippen molar-refractivity contribution in [2.45, 2.75) is 32.0 Å². The van der Waals surface area contributed by atoms with Gasteiger partial charge in [0.05, 0.1) is 6.10 Å². The van der Waals surface area contributed by atoms with Crippen LogP contribution in [0.4, 0.5) is 4.79 Å². The van der Waals surface area contributed by atoms with Crippen LogP contribution >= 0.6 is 0 Å². The zero-order valence-electron chi connectivity index (χ0n) is 12.3. The number of carbonyl (C=O) groups excluding carboxylic acids is 1. The van der Waals surface area contributed by atoms with Crippen LogP contribution in [-0.2, 0) is 11.3 Å². The zero-order chi connectivity index (χ0) is 15.1. The van der Waals surface area contributed by atoms with Crippen molar-refractivity contribution in [2.24, 2.45) is 11.7 Å². The van der Waals surface area contributed by atoms with Crippen LogP contribution in [0.15, 0.2) is 30.3 Å². The molecule has 1 amide bonds. The molecule has 2 atom stereocenters. The summed E-state index contributed by atoms with van der Waals surface area (Å²) in [5, 5.41) is 9.82. The summed E-state index contributed by atoms with van der Waals surface area (Å²) in [6.45, 7) is 1.88.